The molecule has 0 aromatic heterocycles. The Labute approximate surface area is 127 Å². The van der Waals surface area contributed by atoms with Crippen molar-refractivity contribution >= 4 is 5.97 Å². The van der Waals surface area contributed by atoms with Gasteiger partial charge in [0, 0.05) is 11.5 Å². The van der Waals surface area contributed by atoms with Crippen LogP contribution < -0.4 is 14.6 Å². The predicted octanol–water partition coefficient (Wildman–Crippen LogP) is 1.45. The Morgan fingerprint density at radius 3 is 2.00 bits per heavy atom. The summed E-state index contributed by atoms with van der Waals surface area (Å²) in [7, 11) is 5.61. The highest BCUT2D eigenvalue weighted by Gasteiger charge is 2.18. The zero-order valence-electron chi connectivity index (χ0n) is 13.9. The lowest BCUT2D eigenvalue weighted by Crippen LogP contribution is -2.42. The Morgan fingerprint density at radius 1 is 1.14 bits per heavy atom. The smallest absolute Gasteiger partial charge is 0.161 e. The predicted molar refractivity (Wildman–Crippen MR) is 81.2 cm³/mol. The van der Waals surface area contributed by atoms with Crippen molar-refractivity contribution in [3.8, 4) is 11.5 Å². The van der Waals surface area contributed by atoms with Crippen molar-refractivity contribution in [3.05, 3.63) is 23.8 Å². The van der Waals surface area contributed by atoms with Crippen LogP contribution in [-0.2, 0) is 11.3 Å². The summed E-state index contributed by atoms with van der Waals surface area (Å²) in [4.78, 5) is 8.89. The SMILES string of the molecule is CC(=O)[O-].CC[N+](C)(CC)Cc1ccc(OC)c(OC)c1. The Balaban J connectivity index is 0.000000885. The first-order valence-corrected chi connectivity index (χ1v) is 7.03. The number of benzene rings is 1. The molecule has 5 heteroatoms. The van der Waals surface area contributed by atoms with Crippen LogP contribution in [0.2, 0.25) is 0 Å². The van der Waals surface area contributed by atoms with Crippen molar-refractivity contribution in [3.63, 3.8) is 0 Å². The zero-order valence-corrected chi connectivity index (χ0v) is 13.9. The van der Waals surface area contributed by atoms with E-state index in [-0.39, 0.29) is 0 Å². The van der Waals surface area contributed by atoms with Crippen LogP contribution in [0.3, 0.4) is 0 Å². The molecule has 5 nitrogen and oxygen atoms in total. The molecule has 1 aromatic carbocycles. The van der Waals surface area contributed by atoms with E-state index in [0.717, 1.165) is 42.5 Å². The fraction of sp³-hybridized carbons (Fsp3) is 0.562. The van der Waals surface area contributed by atoms with Gasteiger partial charge in [-0.1, -0.05) is 0 Å². The molecule has 0 saturated carbocycles. The molecule has 0 aliphatic rings. The monoisotopic (exact) mass is 297 g/mol. The molecular weight excluding hydrogens is 270 g/mol. The summed E-state index contributed by atoms with van der Waals surface area (Å²) in [5.74, 6) is 0.516. The lowest BCUT2D eigenvalue weighted by atomic mass is 10.1. The number of carbonyl (C=O) groups is 1. The van der Waals surface area contributed by atoms with E-state index in [1.807, 2.05) is 6.07 Å². The number of hydrogen-bond acceptors (Lipinski definition) is 4. The maximum absolute atomic E-state index is 8.89. The first-order valence-electron chi connectivity index (χ1n) is 7.03. The van der Waals surface area contributed by atoms with Crippen LogP contribution in [0.25, 0.3) is 0 Å². The van der Waals surface area contributed by atoms with Gasteiger partial charge in [0.2, 0.25) is 0 Å². The number of ether oxygens (including phenoxy) is 2. The summed E-state index contributed by atoms with van der Waals surface area (Å²) in [6, 6.07) is 6.16. The number of quaternary nitrogens is 1. The molecule has 0 amide bonds. The second-order valence-corrected chi connectivity index (χ2v) is 5.09. The van der Waals surface area contributed by atoms with Gasteiger partial charge < -0.3 is 23.9 Å². The van der Waals surface area contributed by atoms with Crippen LogP contribution in [0.15, 0.2) is 18.2 Å². The summed E-state index contributed by atoms with van der Waals surface area (Å²) >= 11 is 0. The van der Waals surface area contributed by atoms with Gasteiger partial charge in [-0.3, -0.25) is 0 Å². The molecule has 1 aromatic rings. The van der Waals surface area contributed by atoms with Gasteiger partial charge in [-0.2, -0.15) is 0 Å². The standard InChI is InChI=1S/C14H24NO2.C2H4O2/c1-6-15(3,7-2)11-12-8-9-13(16-4)14(10-12)17-5;1-2(3)4/h8-10H,6-7,11H2,1-5H3;1H3,(H,3,4)/q+1;/p-1. The van der Waals surface area contributed by atoms with E-state index in [0.29, 0.717) is 0 Å². The Morgan fingerprint density at radius 2 is 1.62 bits per heavy atom. The van der Waals surface area contributed by atoms with Gasteiger partial charge in [0.05, 0.1) is 34.4 Å². The molecule has 1 rings (SSSR count). The Kier molecular flexibility index (Phi) is 8.47. The minimum absolute atomic E-state index is 0.790. The number of aliphatic carboxylic acids is 1. The molecule has 0 atom stereocenters. The summed E-state index contributed by atoms with van der Waals surface area (Å²) in [6.07, 6.45) is 0. The summed E-state index contributed by atoms with van der Waals surface area (Å²) in [5.41, 5.74) is 1.29. The van der Waals surface area contributed by atoms with Crippen molar-refractivity contribution in [1.82, 2.24) is 0 Å². The van der Waals surface area contributed by atoms with E-state index < -0.39 is 5.97 Å². The van der Waals surface area contributed by atoms with Gasteiger partial charge in [0.1, 0.15) is 6.54 Å². The van der Waals surface area contributed by atoms with Crippen molar-refractivity contribution in [2.45, 2.75) is 27.3 Å². The van der Waals surface area contributed by atoms with Gasteiger partial charge in [-0.25, -0.2) is 0 Å². The molecule has 0 aliphatic carbocycles. The summed E-state index contributed by atoms with van der Waals surface area (Å²) in [5, 5.41) is 8.89. The number of rotatable bonds is 6. The maximum Gasteiger partial charge on any atom is 0.161 e. The van der Waals surface area contributed by atoms with Crippen molar-refractivity contribution in [1.29, 1.82) is 0 Å². The fourth-order valence-electron chi connectivity index (χ4n) is 1.87. The number of nitrogens with zero attached hydrogens (tertiary/aromatic N) is 1. The molecule has 0 radical (unpaired) electrons. The third-order valence-corrected chi connectivity index (χ3v) is 3.54. The van der Waals surface area contributed by atoms with Crippen LogP contribution >= 0.6 is 0 Å². The van der Waals surface area contributed by atoms with Crippen LogP contribution in [0.1, 0.15) is 26.3 Å². The number of carbonyl (C=O) groups excluding carboxylic acids is 1. The molecule has 0 saturated heterocycles. The summed E-state index contributed by atoms with van der Waals surface area (Å²) < 4.78 is 11.6. The minimum Gasteiger partial charge on any atom is -0.550 e. The molecule has 120 valence electrons. The first kappa shape index (κ1) is 19.2. The largest absolute Gasteiger partial charge is 0.550 e. The molecule has 21 heavy (non-hydrogen) atoms. The Hall–Kier alpha value is -1.75. The van der Waals surface area contributed by atoms with Crippen LogP contribution in [0, 0.1) is 0 Å². The normalized spacial score (nSPS) is 10.4. The summed E-state index contributed by atoms with van der Waals surface area (Å²) in [6.45, 7) is 8.71. The second kappa shape index (κ2) is 9.23. The van der Waals surface area contributed by atoms with E-state index in [2.05, 4.69) is 33.0 Å². The zero-order chi connectivity index (χ0) is 16.5. The molecule has 0 aliphatic heterocycles. The highest BCUT2D eigenvalue weighted by Crippen LogP contribution is 2.28. The quantitative estimate of drug-likeness (QED) is 0.746. The molecular formula is C16H27NO4. The lowest BCUT2D eigenvalue weighted by Gasteiger charge is -2.32. The third-order valence-electron chi connectivity index (χ3n) is 3.54. The van der Waals surface area contributed by atoms with E-state index in [1.165, 1.54) is 5.56 Å². The van der Waals surface area contributed by atoms with Gasteiger partial charge >= 0.3 is 0 Å². The highest BCUT2D eigenvalue weighted by atomic mass is 16.5. The molecule has 0 spiro atoms. The second-order valence-electron chi connectivity index (χ2n) is 5.09. The van der Waals surface area contributed by atoms with E-state index >= 15 is 0 Å². The third kappa shape index (κ3) is 6.99. The number of carboxylic acids is 1. The first-order chi connectivity index (χ1) is 9.81. The van der Waals surface area contributed by atoms with Crippen molar-refractivity contribution in [2.75, 3.05) is 34.4 Å². The molecule has 0 heterocycles. The number of methoxy groups -OCH3 is 2. The van der Waals surface area contributed by atoms with Gasteiger partial charge in [0.25, 0.3) is 0 Å². The minimum atomic E-state index is -1.08. The van der Waals surface area contributed by atoms with Crippen molar-refractivity contribution < 1.29 is 23.9 Å². The average Bonchev–Trinajstić information content (AvgIpc) is 2.46. The van der Waals surface area contributed by atoms with Gasteiger partial charge in [-0.05, 0) is 39.0 Å². The maximum atomic E-state index is 8.89. The van der Waals surface area contributed by atoms with Crippen molar-refractivity contribution in [2.24, 2.45) is 0 Å². The van der Waals surface area contributed by atoms with Gasteiger partial charge in [-0.15, -0.1) is 0 Å². The molecule has 0 bridgehead atoms. The van der Waals surface area contributed by atoms with Crippen LogP contribution in [0.5, 0.6) is 11.5 Å². The van der Waals surface area contributed by atoms with Crippen LogP contribution in [0.4, 0.5) is 0 Å². The average molecular weight is 297 g/mol. The fourth-order valence-corrected chi connectivity index (χ4v) is 1.87. The van der Waals surface area contributed by atoms with E-state index in [9.17, 15) is 0 Å². The van der Waals surface area contributed by atoms with Crippen LogP contribution in [-0.4, -0.2) is 44.8 Å². The topological polar surface area (TPSA) is 58.6 Å². The van der Waals surface area contributed by atoms with E-state index in [1.54, 1.807) is 14.2 Å². The lowest BCUT2D eigenvalue weighted by molar-refractivity contribution is -0.919. The van der Waals surface area contributed by atoms with E-state index in [4.69, 9.17) is 19.4 Å². The molecule has 0 N–H and O–H groups in total. The number of carboxylic acid groups (broad SMARTS) is 1. The molecule has 0 unspecified atom stereocenters. The Bertz CT molecular complexity index is 438. The molecule has 0 fully saturated rings. The van der Waals surface area contributed by atoms with Gasteiger partial charge in [0.15, 0.2) is 11.5 Å². The highest BCUT2D eigenvalue weighted by molar-refractivity contribution is 5.60. The number of hydrogen-bond donors (Lipinski definition) is 0.